The molecule has 0 saturated carbocycles. The van der Waals surface area contributed by atoms with Crippen molar-refractivity contribution in [3.63, 3.8) is 0 Å². The highest BCUT2D eigenvalue weighted by Gasteiger charge is 2.17. The van der Waals surface area contributed by atoms with Crippen molar-refractivity contribution in [3.05, 3.63) is 59.2 Å². The molecule has 0 saturated heterocycles. The van der Waals surface area contributed by atoms with Crippen LogP contribution in [0.15, 0.2) is 42.5 Å². The minimum atomic E-state index is 0.199. The van der Waals surface area contributed by atoms with E-state index in [0.717, 1.165) is 23.5 Å². The zero-order valence-corrected chi connectivity index (χ0v) is 13.4. The van der Waals surface area contributed by atoms with Gasteiger partial charge in [0.2, 0.25) is 0 Å². The maximum Gasteiger partial charge on any atom is 0.132 e. The molecule has 112 valence electrons. The second-order valence-electron chi connectivity index (χ2n) is 6.18. The fourth-order valence-corrected chi connectivity index (χ4v) is 2.23. The molecule has 0 fully saturated rings. The molecule has 0 spiro atoms. The van der Waals surface area contributed by atoms with Crippen LogP contribution in [0.3, 0.4) is 0 Å². The Morgan fingerprint density at radius 1 is 1.05 bits per heavy atom. The van der Waals surface area contributed by atoms with Gasteiger partial charge >= 0.3 is 0 Å². The molecule has 2 heteroatoms. The molecule has 2 aromatic rings. The van der Waals surface area contributed by atoms with Crippen molar-refractivity contribution in [2.24, 2.45) is 5.73 Å². The number of nitrogens with two attached hydrogens (primary N) is 1. The van der Waals surface area contributed by atoms with E-state index in [4.69, 9.17) is 10.5 Å². The van der Waals surface area contributed by atoms with Crippen LogP contribution >= 0.6 is 0 Å². The van der Waals surface area contributed by atoms with Crippen LogP contribution < -0.4 is 10.5 Å². The summed E-state index contributed by atoms with van der Waals surface area (Å²) in [5.74, 6) is 1.70. The standard InChI is InChI=1S/C19H25NO/c1-5-19(3,4)16-8-10-17(11-9-16)21-18-12-14(2)6-7-15(18)13-20/h6-12H,5,13,20H2,1-4H3. The highest BCUT2D eigenvalue weighted by molar-refractivity contribution is 5.41. The SMILES string of the molecule is CCC(C)(C)c1ccc(Oc2cc(C)ccc2CN)cc1. The van der Waals surface area contributed by atoms with E-state index in [-0.39, 0.29) is 5.41 Å². The summed E-state index contributed by atoms with van der Waals surface area (Å²) >= 11 is 0. The maximum absolute atomic E-state index is 6.00. The Kier molecular flexibility index (Phi) is 4.69. The zero-order valence-electron chi connectivity index (χ0n) is 13.4. The highest BCUT2D eigenvalue weighted by Crippen LogP contribution is 2.30. The normalized spacial score (nSPS) is 11.5. The molecule has 2 N–H and O–H groups in total. The third kappa shape index (κ3) is 3.64. The van der Waals surface area contributed by atoms with Gasteiger partial charge in [-0.1, -0.05) is 45.0 Å². The first-order chi connectivity index (χ1) is 9.96. The Bertz CT molecular complexity index is 599. The summed E-state index contributed by atoms with van der Waals surface area (Å²) in [6, 6.07) is 14.5. The fourth-order valence-electron chi connectivity index (χ4n) is 2.23. The van der Waals surface area contributed by atoms with Gasteiger partial charge in [-0.25, -0.2) is 0 Å². The predicted molar refractivity (Wildman–Crippen MR) is 88.9 cm³/mol. The molecule has 0 heterocycles. The molecule has 2 rings (SSSR count). The number of hydrogen-bond donors (Lipinski definition) is 1. The molecule has 0 aliphatic carbocycles. The van der Waals surface area contributed by atoms with Crippen molar-refractivity contribution >= 4 is 0 Å². The summed E-state index contributed by atoms with van der Waals surface area (Å²) in [4.78, 5) is 0. The van der Waals surface area contributed by atoms with Gasteiger partial charge in [-0.3, -0.25) is 0 Å². The molecule has 0 unspecified atom stereocenters. The number of ether oxygens (including phenoxy) is 1. The third-order valence-corrected chi connectivity index (χ3v) is 4.19. The molecule has 0 bridgehead atoms. The number of hydrogen-bond acceptors (Lipinski definition) is 2. The van der Waals surface area contributed by atoms with E-state index in [1.54, 1.807) is 0 Å². The molecular weight excluding hydrogens is 258 g/mol. The van der Waals surface area contributed by atoms with E-state index in [0.29, 0.717) is 6.54 Å². The summed E-state index contributed by atoms with van der Waals surface area (Å²) in [7, 11) is 0. The van der Waals surface area contributed by atoms with Crippen LogP contribution in [0.4, 0.5) is 0 Å². The quantitative estimate of drug-likeness (QED) is 0.844. The second-order valence-corrected chi connectivity index (χ2v) is 6.18. The van der Waals surface area contributed by atoms with Gasteiger partial charge in [0.15, 0.2) is 0 Å². The first-order valence-electron chi connectivity index (χ1n) is 7.54. The van der Waals surface area contributed by atoms with E-state index < -0.39 is 0 Å². The topological polar surface area (TPSA) is 35.2 Å². The van der Waals surface area contributed by atoms with E-state index in [1.807, 2.05) is 24.3 Å². The lowest BCUT2D eigenvalue weighted by molar-refractivity contribution is 0.472. The second kappa shape index (κ2) is 6.31. The highest BCUT2D eigenvalue weighted by atomic mass is 16.5. The summed E-state index contributed by atoms with van der Waals surface area (Å²) in [5, 5.41) is 0. The molecule has 2 nitrogen and oxygen atoms in total. The van der Waals surface area contributed by atoms with Crippen LogP contribution in [-0.4, -0.2) is 0 Å². The van der Waals surface area contributed by atoms with Crippen molar-refractivity contribution in [2.45, 2.75) is 46.1 Å². The molecule has 0 aliphatic heterocycles. The van der Waals surface area contributed by atoms with Crippen LogP contribution in [0.25, 0.3) is 0 Å². The van der Waals surface area contributed by atoms with Crippen molar-refractivity contribution < 1.29 is 4.74 Å². The van der Waals surface area contributed by atoms with E-state index in [9.17, 15) is 0 Å². The van der Waals surface area contributed by atoms with Crippen LogP contribution in [0.5, 0.6) is 11.5 Å². The minimum Gasteiger partial charge on any atom is -0.457 e. The Hall–Kier alpha value is -1.80. The van der Waals surface area contributed by atoms with Gasteiger partial charge in [-0.05, 0) is 48.1 Å². The molecular formula is C19H25NO. The zero-order chi connectivity index (χ0) is 15.5. The van der Waals surface area contributed by atoms with Gasteiger partial charge in [0, 0.05) is 12.1 Å². The summed E-state index contributed by atoms with van der Waals surface area (Å²) in [5.41, 5.74) is 9.50. The Morgan fingerprint density at radius 2 is 1.71 bits per heavy atom. The van der Waals surface area contributed by atoms with E-state index >= 15 is 0 Å². The monoisotopic (exact) mass is 283 g/mol. The lowest BCUT2D eigenvalue weighted by Crippen LogP contribution is -2.14. The van der Waals surface area contributed by atoms with Crippen LogP contribution in [0.2, 0.25) is 0 Å². The molecule has 21 heavy (non-hydrogen) atoms. The number of rotatable bonds is 5. The number of aryl methyl sites for hydroxylation is 1. The maximum atomic E-state index is 6.00. The van der Waals surface area contributed by atoms with Crippen LogP contribution in [0.1, 0.15) is 43.9 Å². The molecule has 0 amide bonds. The Balaban J connectivity index is 2.23. The van der Waals surface area contributed by atoms with Crippen molar-refractivity contribution in [1.82, 2.24) is 0 Å². The Morgan fingerprint density at radius 3 is 2.29 bits per heavy atom. The largest absolute Gasteiger partial charge is 0.457 e. The smallest absolute Gasteiger partial charge is 0.132 e. The average Bonchev–Trinajstić information content (AvgIpc) is 2.48. The van der Waals surface area contributed by atoms with Crippen molar-refractivity contribution in [1.29, 1.82) is 0 Å². The molecule has 0 aromatic heterocycles. The van der Waals surface area contributed by atoms with Crippen molar-refractivity contribution in [2.75, 3.05) is 0 Å². The van der Waals surface area contributed by atoms with Gasteiger partial charge < -0.3 is 10.5 Å². The van der Waals surface area contributed by atoms with E-state index in [2.05, 4.69) is 45.9 Å². The van der Waals surface area contributed by atoms with Crippen molar-refractivity contribution in [3.8, 4) is 11.5 Å². The summed E-state index contributed by atoms with van der Waals surface area (Å²) in [6.07, 6.45) is 1.11. The lowest BCUT2D eigenvalue weighted by atomic mass is 9.82. The molecule has 0 radical (unpaired) electrons. The number of benzene rings is 2. The first kappa shape index (κ1) is 15.6. The minimum absolute atomic E-state index is 0.199. The van der Waals surface area contributed by atoms with Crippen LogP contribution in [0, 0.1) is 6.92 Å². The molecule has 0 atom stereocenters. The van der Waals surface area contributed by atoms with Gasteiger partial charge in [0.05, 0.1) is 0 Å². The van der Waals surface area contributed by atoms with Gasteiger partial charge in [-0.2, -0.15) is 0 Å². The third-order valence-electron chi connectivity index (χ3n) is 4.19. The summed E-state index contributed by atoms with van der Waals surface area (Å²) in [6.45, 7) is 9.27. The van der Waals surface area contributed by atoms with Gasteiger partial charge in [-0.15, -0.1) is 0 Å². The lowest BCUT2D eigenvalue weighted by Gasteiger charge is -2.23. The average molecular weight is 283 g/mol. The first-order valence-corrected chi connectivity index (χ1v) is 7.54. The van der Waals surface area contributed by atoms with Crippen LogP contribution in [-0.2, 0) is 12.0 Å². The summed E-state index contributed by atoms with van der Waals surface area (Å²) < 4.78 is 6.00. The van der Waals surface area contributed by atoms with Gasteiger partial charge in [0.25, 0.3) is 0 Å². The fraction of sp³-hybridized carbons (Fsp3) is 0.368. The Labute approximate surface area is 127 Å². The van der Waals surface area contributed by atoms with Gasteiger partial charge in [0.1, 0.15) is 11.5 Å². The molecule has 0 aliphatic rings. The molecule has 2 aromatic carbocycles. The van der Waals surface area contributed by atoms with E-state index in [1.165, 1.54) is 11.1 Å². The predicted octanol–water partition coefficient (Wildman–Crippen LogP) is 4.93.